The van der Waals surface area contributed by atoms with Gasteiger partial charge in [0.15, 0.2) is 22.4 Å². The molecule has 11 heteroatoms. The number of carbonyl (C=O) groups excluding carboxylic acids is 2. The Kier molecular flexibility index (Phi) is 8.01. The van der Waals surface area contributed by atoms with Crippen LogP contribution in [-0.4, -0.2) is 40.9 Å². The number of nitro benzene ring substituents is 1. The quantitative estimate of drug-likeness (QED) is 0.167. The average molecular weight is 489 g/mol. The zero-order valence-corrected chi connectivity index (χ0v) is 19.4. The number of ether oxygens (including phenoxy) is 3. The van der Waals surface area contributed by atoms with Crippen LogP contribution in [0.1, 0.15) is 19.4 Å². The number of nitrogens with zero attached hydrogens (tertiary/aromatic N) is 2. The first-order chi connectivity index (χ1) is 15.8. The van der Waals surface area contributed by atoms with Crippen LogP contribution in [-0.2, 0) is 14.3 Å². The molecule has 9 nitrogen and oxygen atoms in total. The van der Waals surface area contributed by atoms with Gasteiger partial charge in [-0.3, -0.25) is 19.8 Å². The van der Waals surface area contributed by atoms with E-state index in [1.807, 2.05) is 6.92 Å². The molecule has 0 radical (unpaired) electrons. The predicted molar refractivity (Wildman–Crippen MR) is 128 cm³/mol. The average Bonchev–Trinajstić information content (AvgIpc) is 3.06. The number of anilines is 1. The van der Waals surface area contributed by atoms with Gasteiger partial charge in [0.25, 0.3) is 11.6 Å². The molecule has 1 aliphatic heterocycles. The Hall–Kier alpha value is -3.44. The first-order valence-electron chi connectivity index (χ1n) is 9.91. The first-order valence-corrected chi connectivity index (χ1v) is 11.1. The van der Waals surface area contributed by atoms with Crippen molar-refractivity contribution in [2.75, 3.05) is 24.7 Å². The normalized spacial score (nSPS) is 14.5. The van der Waals surface area contributed by atoms with Crippen LogP contribution in [0.25, 0.3) is 6.08 Å². The van der Waals surface area contributed by atoms with Gasteiger partial charge < -0.3 is 14.2 Å². The van der Waals surface area contributed by atoms with Crippen molar-refractivity contribution in [3.05, 3.63) is 63.0 Å². The molecule has 2 aromatic rings. The summed E-state index contributed by atoms with van der Waals surface area (Å²) in [6, 6.07) is 10.7. The van der Waals surface area contributed by atoms with E-state index in [9.17, 15) is 19.7 Å². The lowest BCUT2D eigenvalue weighted by Crippen LogP contribution is -2.27. The highest BCUT2D eigenvalue weighted by Crippen LogP contribution is 2.37. The van der Waals surface area contributed by atoms with E-state index in [0.29, 0.717) is 38.6 Å². The number of amides is 1. The van der Waals surface area contributed by atoms with E-state index < -0.39 is 10.9 Å². The van der Waals surface area contributed by atoms with Crippen molar-refractivity contribution in [1.29, 1.82) is 0 Å². The number of thioether (sulfide) groups is 1. The van der Waals surface area contributed by atoms with Gasteiger partial charge in [-0.15, -0.1) is 0 Å². The van der Waals surface area contributed by atoms with Crippen LogP contribution in [0.5, 0.6) is 11.5 Å². The molecule has 0 N–H and O–H groups in total. The molecule has 1 fully saturated rings. The minimum atomic E-state index is -0.510. The molecular formula is C22H20N2O7S2. The highest BCUT2D eigenvalue weighted by atomic mass is 32.2. The third kappa shape index (κ3) is 5.88. The number of non-ortho nitro benzene ring substituents is 1. The SMILES string of the molecule is CCOC(=O)COc1ccc(/C=C2/SC(=S)N(c3ccc([N+](=O)[O-])cc3)C2=O)cc1OCC. The van der Waals surface area contributed by atoms with Crippen molar-refractivity contribution in [2.45, 2.75) is 13.8 Å². The van der Waals surface area contributed by atoms with Crippen LogP contribution in [0, 0.1) is 10.1 Å². The van der Waals surface area contributed by atoms with Crippen LogP contribution in [0.4, 0.5) is 11.4 Å². The fraction of sp³-hybridized carbons (Fsp3) is 0.227. The maximum absolute atomic E-state index is 13.0. The van der Waals surface area contributed by atoms with Gasteiger partial charge in [-0.2, -0.15) is 0 Å². The molecular weight excluding hydrogens is 468 g/mol. The minimum Gasteiger partial charge on any atom is -0.490 e. The van der Waals surface area contributed by atoms with Crippen LogP contribution in [0.3, 0.4) is 0 Å². The Bertz CT molecular complexity index is 1120. The lowest BCUT2D eigenvalue weighted by atomic mass is 10.1. The van der Waals surface area contributed by atoms with E-state index in [0.717, 1.165) is 11.8 Å². The van der Waals surface area contributed by atoms with Gasteiger partial charge in [-0.1, -0.05) is 30.0 Å². The van der Waals surface area contributed by atoms with Crippen molar-refractivity contribution in [1.82, 2.24) is 0 Å². The van der Waals surface area contributed by atoms with Crippen molar-refractivity contribution in [2.24, 2.45) is 0 Å². The third-order valence-electron chi connectivity index (χ3n) is 4.33. The van der Waals surface area contributed by atoms with Crippen molar-refractivity contribution < 1.29 is 28.7 Å². The molecule has 0 spiro atoms. The molecule has 1 heterocycles. The molecule has 3 rings (SSSR count). The zero-order chi connectivity index (χ0) is 24.0. The van der Waals surface area contributed by atoms with Gasteiger partial charge in [0.1, 0.15) is 0 Å². The molecule has 0 unspecified atom stereocenters. The zero-order valence-electron chi connectivity index (χ0n) is 17.8. The summed E-state index contributed by atoms with van der Waals surface area (Å²) < 4.78 is 16.3. The molecule has 0 aromatic heterocycles. The molecule has 1 aliphatic rings. The molecule has 0 saturated carbocycles. The predicted octanol–water partition coefficient (Wildman–Crippen LogP) is 4.34. The summed E-state index contributed by atoms with van der Waals surface area (Å²) in [7, 11) is 0. The van der Waals surface area contributed by atoms with E-state index in [4.69, 9.17) is 26.4 Å². The highest BCUT2D eigenvalue weighted by molar-refractivity contribution is 8.27. The molecule has 0 aliphatic carbocycles. The lowest BCUT2D eigenvalue weighted by molar-refractivity contribution is -0.384. The number of benzene rings is 2. The molecule has 0 bridgehead atoms. The molecule has 1 saturated heterocycles. The van der Waals surface area contributed by atoms with Gasteiger partial charge in [0.05, 0.1) is 28.7 Å². The summed E-state index contributed by atoms with van der Waals surface area (Å²) in [5, 5.41) is 10.9. The van der Waals surface area contributed by atoms with Crippen LogP contribution >= 0.6 is 24.0 Å². The van der Waals surface area contributed by atoms with Crippen LogP contribution in [0.15, 0.2) is 47.4 Å². The number of rotatable bonds is 9. The summed E-state index contributed by atoms with van der Waals surface area (Å²) in [5.41, 5.74) is 1.05. The highest BCUT2D eigenvalue weighted by Gasteiger charge is 2.33. The van der Waals surface area contributed by atoms with Gasteiger partial charge in [0.2, 0.25) is 0 Å². The molecule has 0 atom stereocenters. The summed E-state index contributed by atoms with van der Waals surface area (Å²) in [6.45, 7) is 3.92. The molecule has 2 aromatic carbocycles. The van der Waals surface area contributed by atoms with Crippen molar-refractivity contribution >= 4 is 57.6 Å². The van der Waals surface area contributed by atoms with Crippen molar-refractivity contribution in [3.8, 4) is 11.5 Å². The Labute approximate surface area is 199 Å². The molecule has 33 heavy (non-hydrogen) atoms. The Morgan fingerprint density at radius 2 is 1.85 bits per heavy atom. The van der Waals surface area contributed by atoms with E-state index in [1.165, 1.54) is 29.2 Å². The Morgan fingerprint density at radius 1 is 1.12 bits per heavy atom. The number of hydrogen-bond acceptors (Lipinski definition) is 9. The Morgan fingerprint density at radius 3 is 2.48 bits per heavy atom. The van der Waals surface area contributed by atoms with Gasteiger partial charge in [0, 0.05) is 12.1 Å². The second-order valence-electron chi connectivity index (χ2n) is 6.52. The standard InChI is InChI=1S/C22H20N2O7S2/c1-3-29-18-11-14(5-10-17(18)31-13-20(25)30-4-2)12-19-21(26)23(22(32)33-19)15-6-8-16(9-7-15)24(27)28/h5-12H,3-4,13H2,1-2H3/b19-12+. The molecule has 172 valence electrons. The van der Waals surface area contributed by atoms with E-state index in [2.05, 4.69) is 0 Å². The van der Waals surface area contributed by atoms with Crippen molar-refractivity contribution in [3.63, 3.8) is 0 Å². The van der Waals surface area contributed by atoms with Gasteiger partial charge in [-0.25, -0.2) is 4.79 Å². The van der Waals surface area contributed by atoms with E-state index in [1.54, 1.807) is 31.2 Å². The van der Waals surface area contributed by atoms with Gasteiger partial charge in [-0.05, 0) is 49.8 Å². The smallest absolute Gasteiger partial charge is 0.344 e. The lowest BCUT2D eigenvalue weighted by Gasteiger charge is -2.14. The number of thiocarbonyl (C=S) groups is 1. The first kappa shape index (κ1) is 24.2. The van der Waals surface area contributed by atoms with Crippen LogP contribution < -0.4 is 14.4 Å². The maximum Gasteiger partial charge on any atom is 0.344 e. The van der Waals surface area contributed by atoms with Crippen LogP contribution in [0.2, 0.25) is 0 Å². The summed E-state index contributed by atoms with van der Waals surface area (Å²) in [4.78, 5) is 36.6. The second kappa shape index (κ2) is 10.9. The van der Waals surface area contributed by atoms with E-state index in [-0.39, 0.29) is 24.8 Å². The Balaban J connectivity index is 1.81. The topological polar surface area (TPSA) is 108 Å². The largest absolute Gasteiger partial charge is 0.490 e. The second-order valence-corrected chi connectivity index (χ2v) is 8.20. The minimum absolute atomic E-state index is 0.0755. The number of carbonyl (C=O) groups is 2. The summed E-state index contributed by atoms with van der Waals surface area (Å²) in [5.74, 6) is -0.0275. The summed E-state index contributed by atoms with van der Waals surface area (Å²) >= 11 is 6.48. The van der Waals surface area contributed by atoms with Gasteiger partial charge >= 0.3 is 5.97 Å². The number of esters is 1. The maximum atomic E-state index is 13.0. The fourth-order valence-electron chi connectivity index (χ4n) is 2.91. The number of hydrogen-bond donors (Lipinski definition) is 0. The third-order valence-corrected chi connectivity index (χ3v) is 5.63. The molecule has 1 amide bonds. The summed E-state index contributed by atoms with van der Waals surface area (Å²) in [6.07, 6.45) is 1.67. The fourth-order valence-corrected chi connectivity index (χ4v) is 4.21. The van der Waals surface area contributed by atoms with E-state index >= 15 is 0 Å². The monoisotopic (exact) mass is 488 g/mol. The number of nitro groups is 1.